The molecule has 4 heteroatoms. The van der Waals surface area contributed by atoms with Crippen molar-refractivity contribution in [2.24, 2.45) is 0 Å². The monoisotopic (exact) mass is 358 g/mol. The van der Waals surface area contributed by atoms with Gasteiger partial charge in [0.05, 0.1) is 6.61 Å². The maximum atomic E-state index is 10.1. The van der Waals surface area contributed by atoms with Gasteiger partial charge in [0.15, 0.2) is 0 Å². The fourth-order valence-electron chi connectivity index (χ4n) is 2.84. The molecule has 0 radical (unpaired) electrons. The highest BCUT2D eigenvalue weighted by atomic mass is 35.5. The molecular weight excluding hydrogens is 336 g/mol. The predicted molar refractivity (Wildman–Crippen MR) is 104 cm³/mol. The lowest BCUT2D eigenvalue weighted by atomic mass is 10.0. The molecule has 0 aromatic heterocycles. The molecule has 3 nitrogen and oxygen atoms in total. The molecule has 0 aliphatic rings. The Morgan fingerprint density at radius 1 is 1.00 bits per heavy atom. The first-order chi connectivity index (χ1) is 12.2. The number of rotatable bonds is 8. The van der Waals surface area contributed by atoms with Crippen LogP contribution in [0.4, 0.5) is 0 Å². The number of hydrogen-bond donors (Lipinski definition) is 1. The van der Waals surface area contributed by atoms with Gasteiger partial charge >= 0.3 is 0 Å². The molecular formula is C21H23ClO3. The molecule has 1 N–H and O–H groups in total. The lowest BCUT2D eigenvalue weighted by Gasteiger charge is -2.16. The fourth-order valence-corrected chi connectivity index (χ4v) is 3.01. The zero-order chi connectivity index (χ0) is 17.6. The van der Waals surface area contributed by atoms with E-state index in [0.717, 1.165) is 40.1 Å². The van der Waals surface area contributed by atoms with E-state index in [1.54, 1.807) is 0 Å². The van der Waals surface area contributed by atoms with E-state index in [1.807, 2.05) is 36.4 Å². The standard InChI is InChI=1S/C21H23ClO3/c1-2-3-10-24-13-18(23)14-25-21-19-7-5-4-6-15(19)11-16-8-9-17(22)12-20(16)21/h4-9,11-12,18,23H,2-3,10,13-14H2,1H3. The van der Waals surface area contributed by atoms with Gasteiger partial charge in [-0.05, 0) is 35.4 Å². The Morgan fingerprint density at radius 3 is 2.64 bits per heavy atom. The van der Waals surface area contributed by atoms with Crippen LogP contribution in [0.15, 0.2) is 48.5 Å². The summed E-state index contributed by atoms with van der Waals surface area (Å²) in [6.45, 7) is 3.24. The van der Waals surface area contributed by atoms with Crippen LogP contribution in [0.25, 0.3) is 21.5 Å². The Kier molecular flexibility index (Phi) is 6.14. The van der Waals surface area contributed by atoms with Gasteiger partial charge in [-0.1, -0.05) is 55.3 Å². The molecule has 3 aromatic carbocycles. The molecule has 0 saturated heterocycles. The predicted octanol–water partition coefficient (Wildman–Crippen LogP) is 5.20. The van der Waals surface area contributed by atoms with Gasteiger partial charge in [0, 0.05) is 22.4 Å². The quantitative estimate of drug-likeness (QED) is 0.444. The highest BCUT2D eigenvalue weighted by Gasteiger charge is 2.12. The van der Waals surface area contributed by atoms with Gasteiger partial charge in [0.2, 0.25) is 0 Å². The number of aliphatic hydroxyl groups is 1. The Balaban J connectivity index is 1.84. The first kappa shape index (κ1) is 18.0. The lowest BCUT2D eigenvalue weighted by Crippen LogP contribution is -2.23. The number of halogens is 1. The van der Waals surface area contributed by atoms with Crippen LogP contribution in [0.5, 0.6) is 5.75 Å². The third kappa shape index (κ3) is 4.43. The van der Waals surface area contributed by atoms with Crippen molar-refractivity contribution in [3.05, 3.63) is 53.6 Å². The minimum absolute atomic E-state index is 0.182. The van der Waals surface area contributed by atoms with Gasteiger partial charge in [0.25, 0.3) is 0 Å². The van der Waals surface area contributed by atoms with Gasteiger partial charge < -0.3 is 14.6 Å². The smallest absolute Gasteiger partial charge is 0.135 e. The van der Waals surface area contributed by atoms with Crippen molar-refractivity contribution in [2.45, 2.75) is 25.9 Å². The van der Waals surface area contributed by atoms with Crippen LogP contribution in [0.3, 0.4) is 0 Å². The first-order valence-electron chi connectivity index (χ1n) is 8.68. The largest absolute Gasteiger partial charge is 0.489 e. The highest BCUT2D eigenvalue weighted by molar-refractivity contribution is 6.31. The van der Waals surface area contributed by atoms with Crippen LogP contribution in [0.1, 0.15) is 19.8 Å². The van der Waals surface area contributed by atoms with Gasteiger partial charge in [-0.3, -0.25) is 0 Å². The zero-order valence-electron chi connectivity index (χ0n) is 14.4. The Labute approximate surface area is 153 Å². The number of aliphatic hydroxyl groups excluding tert-OH is 1. The number of hydrogen-bond acceptors (Lipinski definition) is 3. The van der Waals surface area contributed by atoms with Crippen molar-refractivity contribution in [1.29, 1.82) is 0 Å². The minimum atomic E-state index is -0.662. The molecule has 0 fully saturated rings. The molecule has 0 spiro atoms. The van der Waals surface area contributed by atoms with Gasteiger partial charge in [-0.25, -0.2) is 0 Å². The second-order valence-corrected chi connectivity index (χ2v) is 6.62. The SMILES string of the molecule is CCCCOCC(O)COc1c2ccccc2cc2ccc(Cl)cc12. The summed E-state index contributed by atoms with van der Waals surface area (Å²) < 4.78 is 11.5. The summed E-state index contributed by atoms with van der Waals surface area (Å²) in [7, 11) is 0. The number of ether oxygens (including phenoxy) is 2. The first-order valence-corrected chi connectivity index (χ1v) is 9.06. The third-order valence-corrected chi connectivity index (χ3v) is 4.38. The summed E-state index contributed by atoms with van der Waals surface area (Å²) >= 11 is 6.18. The van der Waals surface area contributed by atoms with Crippen molar-refractivity contribution in [2.75, 3.05) is 19.8 Å². The third-order valence-electron chi connectivity index (χ3n) is 4.15. The van der Waals surface area contributed by atoms with Crippen molar-refractivity contribution < 1.29 is 14.6 Å². The second-order valence-electron chi connectivity index (χ2n) is 6.19. The maximum Gasteiger partial charge on any atom is 0.135 e. The van der Waals surface area contributed by atoms with Crippen molar-refractivity contribution in [3.63, 3.8) is 0 Å². The Morgan fingerprint density at radius 2 is 1.80 bits per heavy atom. The molecule has 0 aliphatic heterocycles. The molecule has 3 rings (SSSR count). The van der Waals surface area contributed by atoms with Crippen LogP contribution in [-0.4, -0.2) is 31.0 Å². The van der Waals surface area contributed by atoms with Gasteiger partial charge in [-0.15, -0.1) is 0 Å². The number of unbranched alkanes of at least 4 members (excludes halogenated alkanes) is 1. The molecule has 132 valence electrons. The van der Waals surface area contributed by atoms with Crippen LogP contribution in [-0.2, 0) is 4.74 Å². The van der Waals surface area contributed by atoms with E-state index >= 15 is 0 Å². The summed E-state index contributed by atoms with van der Waals surface area (Å²) in [5, 5.41) is 14.9. The van der Waals surface area contributed by atoms with Crippen LogP contribution < -0.4 is 4.74 Å². The summed E-state index contributed by atoms with van der Waals surface area (Å²) in [4.78, 5) is 0. The van der Waals surface area contributed by atoms with E-state index in [2.05, 4.69) is 19.1 Å². The van der Waals surface area contributed by atoms with Crippen molar-refractivity contribution in [1.82, 2.24) is 0 Å². The second kappa shape index (κ2) is 8.52. The average molecular weight is 359 g/mol. The molecule has 25 heavy (non-hydrogen) atoms. The van der Waals surface area contributed by atoms with Crippen LogP contribution in [0.2, 0.25) is 5.02 Å². The Hall–Kier alpha value is -1.81. The molecule has 0 amide bonds. The van der Waals surface area contributed by atoms with Crippen LogP contribution in [0, 0.1) is 0 Å². The molecule has 1 unspecified atom stereocenters. The van der Waals surface area contributed by atoms with E-state index in [4.69, 9.17) is 21.1 Å². The van der Waals surface area contributed by atoms with Crippen molar-refractivity contribution >= 4 is 33.1 Å². The van der Waals surface area contributed by atoms with Gasteiger partial charge in [0.1, 0.15) is 18.5 Å². The Bertz CT molecular complexity index is 847. The summed E-state index contributed by atoms with van der Waals surface area (Å²) in [5.74, 6) is 0.753. The van der Waals surface area contributed by atoms with Crippen LogP contribution >= 0.6 is 11.6 Å². The normalized spacial score (nSPS) is 12.6. The van der Waals surface area contributed by atoms with E-state index in [1.165, 1.54) is 0 Å². The maximum absolute atomic E-state index is 10.1. The van der Waals surface area contributed by atoms with E-state index < -0.39 is 6.10 Å². The van der Waals surface area contributed by atoms with E-state index in [9.17, 15) is 5.11 Å². The fraction of sp³-hybridized carbons (Fsp3) is 0.333. The van der Waals surface area contributed by atoms with Crippen molar-refractivity contribution in [3.8, 4) is 5.75 Å². The summed E-state index contributed by atoms with van der Waals surface area (Å²) in [6.07, 6.45) is 1.42. The molecule has 0 aliphatic carbocycles. The zero-order valence-corrected chi connectivity index (χ0v) is 15.1. The topological polar surface area (TPSA) is 38.7 Å². The van der Waals surface area contributed by atoms with Gasteiger partial charge in [-0.2, -0.15) is 0 Å². The average Bonchev–Trinajstić information content (AvgIpc) is 2.62. The lowest BCUT2D eigenvalue weighted by molar-refractivity contribution is 0.0119. The molecule has 0 saturated carbocycles. The molecule has 0 bridgehead atoms. The number of fused-ring (bicyclic) bond motifs is 2. The highest BCUT2D eigenvalue weighted by Crippen LogP contribution is 2.36. The van der Waals surface area contributed by atoms with E-state index in [-0.39, 0.29) is 13.2 Å². The summed E-state index contributed by atoms with van der Waals surface area (Å²) in [5.41, 5.74) is 0. The number of benzene rings is 3. The summed E-state index contributed by atoms with van der Waals surface area (Å²) in [6, 6.07) is 16.0. The molecule has 0 heterocycles. The van der Waals surface area contributed by atoms with E-state index in [0.29, 0.717) is 11.6 Å². The molecule has 1 atom stereocenters. The molecule has 3 aromatic rings. The minimum Gasteiger partial charge on any atom is -0.489 e.